The molecule has 0 aliphatic rings. The maximum absolute atomic E-state index is 11.0. The normalized spacial score (nSPS) is 11.9. The van der Waals surface area contributed by atoms with Crippen LogP contribution in [0.3, 0.4) is 0 Å². The van der Waals surface area contributed by atoms with E-state index in [0.29, 0.717) is 24.7 Å². The molecule has 1 unspecified atom stereocenters. The van der Waals surface area contributed by atoms with Crippen molar-refractivity contribution in [3.05, 3.63) is 12.4 Å². The molecule has 0 aliphatic carbocycles. The van der Waals surface area contributed by atoms with Gasteiger partial charge in [0, 0.05) is 0 Å². The molecular weight excluding hydrogens is 222 g/mol. The molecule has 2 N–H and O–H groups in total. The topological polar surface area (TPSA) is 84.3 Å². The smallest absolute Gasteiger partial charge is 0.326 e. The molecule has 17 heavy (non-hydrogen) atoms. The third-order valence-corrected chi connectivity index (χ3v) is 2.10. The highest BCUT2D eigenvalue weighted by Gasteiger charge is 2.16. The van der Waals surface area contributed by atoms with Gasteiger partial charge in [-0.1, -0.05) is 13.3 Å². The average Bonchev–Trinajstić information content (AvgIpc) is 2.29. The van der Waals surface area contributed by atoms with Gasteiger partial charge in [0.15, 0.2) is 0 Å². The standard InChI is InChI=1S/C11H17N3O3/c1-3-5-8(11(15)16)13-9-6-12-7-10(14-9)17-4-2/h6-8H,3-5H2,1-2H3,(H,13,14)(H,15,16). The summed E-state index contributed by atoms with van der Waals surface area (Å²) in [7, 11) is 0. The summed E-state index contributed by atoms with van der Waals surface area (Å²) in [5.74, 6) is -0.0922. The van der Waals surface area contributed by atoms with Gasteiger partial charge in [-0.05, 0) is 13.3 Å². The van der Waals surface area contributed by atoms with Gasteiger partial charge in [-0.3, -0.25) is 4.98 Å². The van der Waals surface area contributed by atoms with Gasteiger partial charge in [0.2, 0.25) is 5.88 Å². The van der Waals surface area contributed by atoms with E-state index < -0.39 is 12.0 Å². The van der Waals surface area contributed by atoms with Crippen molar-refractivity contribution in [3.63, 3.8) is 0 Å². The van der Waals surface area contributed by atoms with E-state index in [1.54, 1.807) is 0 Å². The van der Waals surface area contributed by atoms with Crippen molar-refractivity contribution in [1.82, 2.24) is 9.97 Å². The van der Waals surface area contributed by atoms with Gasteiger partial charge >= 0.3 is 5.97 Å². The van der Waals surface area contributed by atoms with Gasteiger partial charge in [0.1, 0.15) is 11.9 Å². The number of rotatable bonds is 7. The molecule has 1 heterocycles. The zero-order valence-corrected chi connectivity index (χ0v) is 10.0. The highest BCUT2D eigenvalue weighted by Crippen LogP contribution is 2.11. The van der Waals surface area contributed by atoms with Crippen molar-refractivity contribution in [1.29, 1.82) is 0 Å². The second-order valence-electron chi connectivity index (χ2n) is 3.50. The minimum atomic E-state index is -0.893. The summed E-state index contributed by atoms with van der Waals surface area (Å²) in [6, 6.07) is -0.647. The Hall–Kier alpha value is -1.85. The summed E-state index contributed by atoms with van der Waals surface area (Å²) >= 11 is 0. The van der Waals surface area contributed by atoms with Gasteiger partial charge < -0.3 is 15.2 Å². The number of nitrogens with one attached hydrogen (secondary N) is 1. The molecule has 0 aromatic carbocycles. The van der Waals surface area contributed by atoms with Crippen molar-refractivity contribution in [2.75, 3.05) is 11.9 Å². The molecule has 1 aromatic heterocycles. The van der Waals surface area contributed by atoms with Gasteiger partial charge in [-0.2, -0.15) is 4.98 Å². The SMILES string of the molecule is CCCC(Nc1cncc(OCC)n1)C(=O)O. The third-order valence-electron chi connectivity index (χ3n) is 2.10. The highest BCUT2D eigenvalue weighted by atomic mass is 16.5. The number of carbonyl (C=O) groups is 1. The van der Waals surface area contributed by atoms with Gasteiger partial charge in [-0.15, -0.1) is 0 Å². The van der Waals surface area contributed by atoms with E-state index in [4.69, 9.17) is 9.84 Å². The van der Waals surface area contributed by atoms with E-state index >= 15 is 0 Å². The quantitative estimate of drug-likeness (QED) is 0.750. The summed E-state index contributed by atoms with van der Waals surface area (Å²) in [6.45, 7) is 4.27. The van der Waals surface area contributed by atoms with Gasteiger partial charge in [0.05, 0.1) is 19.0 Å². The van der Waals surface area contributed by atoms with Crippen LogP contribution in [0, 0.1) is 0 Å². The zero-order valence-electron chi connectivity index (χ0n) is 10.0. The lowest BCUT2D eigenvalue weighted by Crippen LogP contribution is -2.29. The molecule has 0 amide bonds. The summed E-state index contributed by atoms with van der Waals surface area (Å²) in [5, 5.41) is 11.8. The minimum absolute atomic E-state index is 0.387. The predicted octanol–water partition coefficient (Wildman–Crippen LogP) is 1.54. The molecule has 0 saturated heterocycles. The first-order valence-electron chi connectivity index (χ1n) is 5.61. The molecule has 0 saturated carbocycles. The van der Waals surface area contributed by atoms with Crippen molar-refractivity contribution in [2.24, 2.45) is 0 Å². The number of hydrogen-bond donors (Lipinski definition) is 2. The molecule has 0 radical (unpaired) electrons. The predicted molar refractivity (Wildman–Crippen MR) is 63.2 cm³/mol. The highest BCUT2D eigenvalue weighted by molar-refractivity contribution is 5.76. The molecular formula is C11H17N3O3. The number of ether oxygens (including phenoxy) is 1. The lowest BCUT2D eigenvalue weighted by Gasteiger charge is -2.14. The molecule has 1 atom stereocenters. The Labute approximate surface area is 100 Å². The number of carboxylic acid groups (broad SMARTS) is 1. The Bertz CT molecular complexity index is 371. The van der Waals surface area contributed by atoms with Gasteiger partial charge in [0.25, 0.3) is 0 Å². The summed E-state index contributed by atoms with van der Waals surface area (Å²) in [6.07, 6.45) is 4.29. The van der Waals surface area contributed by atoms with Gasteiger partial charge in [-0.25, -0.2) is 4.79 Å². The van der Waals surface area contributed by atoms with Crippen LogP contribution in [0.2, 0.25) is 0 Å². The van der Waals surface area contributed by atoms with Crippen molar-refractivity contribution in [3.8, 4) is 5.88 Å². The Morgan fingerprint density at radius 3 is 2.88 bits per heavy atom. The number of aromatic nitrogens is 2. The molecule has 94 valence electrons. The first-order chi connectivity index (χ1) is 8.17. The second-order valence-corrected chi connectivity index (χ2v) is 3.50. The van der Waals surface area contributed by atoms with Crippen LogP contribution in [0.1, 0.15) is 26.7 Å². The molecule has 0 bridgehead atoms. The number of nitrogens with zero attached hydrogens (tertiary/aromatic N) is 2. The van der Waals surface area contributed by atoms with Crippen LogP contribution in [0.25, 0.3) is 0 Å². The maximum atomic E-state index is 11.0. The van der Waals surface area contributed by atoms with Crippen LogP contribution >= 0.6 is 0 Å². The van der Waals surface area contributed by atoms with Crippen LogP contribution in [0.15, 0.2) is 12.4 Å². The molecule has 1 aromatic rings. The van der Waals surface area contributed by atoms with E-state index in [1.807, 2.05) is 13.8 Å². The summed E-state index contributed by atoms with van der Waals surface area (Å²) < 4.78 is 5.19. The fourth-order valence-corrected chi connectivity index (χ4v) is 1.36. The van der Waals surface area contributed by atoms with E-state index in [9.17, 15) is 4.79 Å². The second kappa shape index (κ2) is 6.67. The first-order valence-corrected chi connectivity index (χ1v) is 5.61. The van der Waals surface area contributed by atoms with E-state index in [1.165, 1.54) is 12.4 Å². The van der Waals surface area contributed by atoms with E-state index in [2.05, 4.69) is 15.3 Å². The number of hydrogen-bond acceptors (Lipinski definition) is 5. The average molecular weight is 239 g/mol. The van der Waals surface area contributed by atoms with Crippen LogP contribution in [-0.4, -0.2) is 33.7 Å². The van der Waals surface area contributed by atoms with Crippen LogP contribution in [0.5, 0.6) is 5.88 Å². The first kappa shape index (κ1) is 13.2. The Kier molecular flexibility index (Phi) is 5.19. The summed E-state index contributed by atoms with van der Waals surface area (Å²) in [4.78, 5) is 19.0. The largest absolute Gasteiger partial charge is 0.480 e. The Morgan fingerprint density at radius 1 is 1.53 bits per heavy atom. The third kappa shape index (κ3) is 4.26. The minimum Gasteiger partial charge on any atom is -0.480 e. The van der Waals surface area contributed by atoms with Crippen molar-refractivity contribution in [2.45, 2.75) is 32.7 Å². The van der Waals surface area contributed by atoms with Crippen molar-refractivity contribution >= 4 is 11.8 Å². The van der Waals surface area contributed by atoms with Crippen LogP contribution in [-0.2, 0) is 4.79 Å². The van der Waals surface area contributed by atoms with Crippen molar-refractivity contribution < 1.29 is 14.6 Å². The molecule has 6 nitrogen and oxygen atoms in total. The van der Waals surface area contributed by atoms with Crippen LogP contribution in [0.4, 0.5) is 5.82 Å². The Morgan fingerprint density at radius 2 is 2.29 bits per heavy atom. The molecule has 0 aliphatic heterocycles. The number of anilines is 1. The maximum Gasteiger partial charge on any atom is 0.326 e. The number of carboxylic acids is 1. The fourth-order valence-electron chi connectivity index (χ4n) is 1.36. The Balaban J connectivity index is 2.71. The van der Waals surface area contributed by atoms with Crippen LogP contribution < -0.4 is 10.1 Å². The molecule has 0 fully saturated rings. The summed E-state index contributed by atoms with van der Waals surface area (Å²) in [5.41, 5.74) is 0. The zero-order chi connectivity index (χ0) is 12.7. The molecule has 6 heteroatoms. The van der Waals surface area contributed by atoms with E-state index in [-0.39, 0.29) is 0 Å². The lowest BCUT2D eigenvalue weighted by molar-refractivity contribution is -0.138. The molecule has 1 rings (SSSR count). The number of aliphatic carboxylic acids is 1. The fraction of sp³-hybridized carbons (Fsp3) is 0.545. The monoisotopic (exact) mass is 239 g/mol. The lowest BCUT2D eigenvalue weighted by atomic mass is 10.2. The molecule has 0 spiro atoms. The van der Waals surface area contributed by atoms with E-state index in [0.717, 1.165) is 6.42 Å².